The molecule has 4 nitrogen and oxygen atoms in total. The largest absolute Gasteiger partial charge is 0.449 e. The predicted molar refractivity (Wildman–Crippen MR) is 76.1 cm³/mol. The van der Waals surface area contributed by atoms with Crippen LogP contribution in [0.15, 0.2) is 72.4 Å². The molecule has 0 bridgehead atoms. The van der Waals surface area contributed by atoms with E-state index < -0.39 is 5.97 Å². The number of hydrogen-bond acceptors (Lipinski definition) is 4. The average Bonchev–Trinajstić information content (AvgIpc) is 3.22. The quantitative estimate of drug-likeness (QED) is 0.686. The van der Waals surface area contributed by atoms with Crippen LogP contribution < -0.4 is 0 Å². The van der Waals surface area contributed by atoms with Crippen LogP contribution >= 0.6 is 0 Å². The van der Waals surface area contributed by atoms with E-state index in [0.717, 1.165) is 0 Å². The molecular formula is C17H12O4. The molecule has 0 saturated heterocycles. The molecule has 0 fully saturated rings. The van der Waals surface area contributed by atoms with E-state index in [1.807, 2.05) is 0 Å². The highest BCUT2D eigenvalue weighted by atomic mass is 16.6. The first-order chi connectivity index (χ1) is 10.2. The Morgan fingerprint density at radius 3 is 2.57 bits per heavy atom. The Morgan fingerprint density at radius 1 is 0.905 bits per heavy atom. The minimum atomic E-state index is -0.492. The van der Waals surface area contributed by atoms with Gasteiger partial charge in [-0.15, -0.1) is 0 Å². The molecule has 3 rings (SSSR count). The van der Waals surface area contributed by atoms with Crippen molar-refractivity contribution in [1.29, 1.82) is 0 Å². The monoisotopic (exact) mass is 280 g/mol. The van der Waals surface area contributed by atoms with Gasteiger partial charge < -0.3 is 9.47 Å². The van der Waals surface area contributed by atoms with Crippen molar-refractivity contribution in [3.63, 3.8) is 0 Å². The van der Waals surface area contributed by atoms with Crippen molar-refractivity contribution in [2.45, 2.75) is 6.42 Å². The van der Waals surface area contributed by atoms with Crippen molar-refractivity contribution in [1.82, 2.24) is 0 Å². The first-order valence-electron chi connectivity index (χ1n) is 6.49. The molecule has 0 amide bonds. The van der Waals surface area contributed by atoms with Crippen LogP contribution in [0.1, 0.15) is 15.9 Å². The molecule has 2 heterocycles. The summed E-state index contributed by atoms with van der Waals surface area (Å²) in [6.45, 7) is 0. The maximum atomic E-state index is 12.0. The van der Waals surface area contributed by atoms with Gasteiger partial charge in [-0.25, -0.2) is 4.79 Å². The summed E-state index contributed by atoms with van der Waals surface area (Å²) >= 11 is 0. The van der Waals surface area contributed by atoms with Crippen LogP contribution in [-0.2, 0) is 20.7 Å². The smallest absolute Gasteiger partial charge is 0.343 e. The Bertz CT molecular complexity index is 720. The van der Waals surface area contributed by atoms with Crippen molar-refractivity contribution in [3.05, 3.63) is 83.6 Å². The van der Waals surface area contributed by atoms with Crippen LogP contribution in [0.5, 0.6) is 0 Å². The second-order valence-electron chi connectivity index (χ2n) is 4.56. The third kappa shape index (κ3) is 3.17. The molecule has 0 unspecified atom stereocenters. The van der Waals surface area contributed by atoms with Gasteiger partial charge in [-0.05, 0) is 23.8 Å². The lowest BCUT2D eigenvalue weighted by molar-refractivity contribution is -0.114. The molecule has 21 heavy (non-hydrogen) atoms. The highest BCUT2D eigenvalue weighted by molar-refractivity contribution is 5.96. The van der Waals surface area contributed by atoms with E-state index in [1.165, 1.54) is 12.3 Å². The van der Waals surface area contributed by atoms with Crippen molar-refractivity contribution >= 4 is 11.8 Å². The fourth-order valence-electron chi connectivity index (χ4n) is 1.97. The fraction of sp³-hybridized carbons (Fsp3) is 0.0588. The van der Waals surface area contributed by atoms with Gasteiger partial charge in [0.2, 0.25) is 0 Å². The van der Waals surface area contributed by atoms with Gasteiger partial charge in [0.25, 0.3) is 0 Å². The van der Waals surface area contributed by atoms with E-state index in [2.05, 4.69) is 0 Å². The summed E-state index contributed by atoms with van der Waals surface area (Å²) in [6, 6.07) is 6.92. The van der Waals surface area contributed by atoms with E-state index in [1.54, 1.807) is 48.6 Å². The molecule has 1 aromatic carbocycles. The number of allylic oxidation sites excluding steroid dienone is 5. The standard InChI is InChI=1S/C17H12O4/c18-13-6-2-4-8-15-16(21-15)9-10-20-17(19)14-7-3-1-5-12(14)11-13/h1-10H,11H2. The number of hydrogen-bond donors (Lipinski definition) is 0. The number of benzene rings is 1. The maximum Gasteiger partial charge on any atom is 0.343 e. The highest BCUT2D eigenvalue weighted by Gasteiger charge is 2.19. The number of cyclic esters (lactones) is 1. The van der Waals surface area contributed by atoms with Gasteiger partial charge in [0.15, 0.2) is 17.3 Å². The molecule has 2 aliphatic rings. The van der Waals surface area contributed by atoms with E-state index in [9.17, 15) is 9.59 Å². The summed E-state index contributed by atoms with van der Waals surface area (Å²) in [5.41, 5.74) is 1.04. The Hall–Kier alpha value is -2.88. The Balaban J connectivity index is 1.93. The zero-order valence-corrected chi connectivity index (χ0v) is 11.1. The van der Waals surface area contributed by atoms with E-state index >= 15 is 0 Å². The number of esters is 1. The minimum Gasteiger partial charge on any atom is -0.449 e. The van der Waals surface area contributed by atoms with Gasteiger partial charge in [0.05, 0.1) is 11.8 Å². The molecular weight excluding hydrogens is 268 g/mol. The van der Waals surface area contributed by atoms with Crippen molar-refractivity contribution in [2.75, 3.05) is 0 Å². The zero-order chi connectivity index (χ0) is 14.7. The SMILES string of the molecule is O=C1C=CC=CC2=C(C=COC(=O)c3ccccc3C1)O2. The number of rotatable bonds is 0. The predicted octanol–water partition coefficient (Wildman–Crippen LogP) is 2.84. The molecule has 0 radical (unpaired) electrons. The van der Waals surface area contributed by atoms with Gasteiger partial charge in [-0.1, -0.05) is 30.4 Å². The lowest BCUT2D eigenvalue weighted by Crippen LogP contribution is -2.08. The summed E-state index contributed by atoms with van der Waals surface area (Å²) in [5, 5.41) is 0. The Morgan fingerprint density at radius 2 is 1.67 bits per heavy atom. The third-order valence-electron chi connectivity index (χ3n) is 3.06. The van der Waals surface area contributed by atoms with Gasteiger partial charge in [-0.2, -0.15) is 0 Å². The van der Waals surface area contributed by atoms with Gasteiger partial charge in [-0.3, -0.25) is 4.79 Å². The molecule has 0 N–H and O–H groups in total. The molecule has 0 aliphatic carbocycles. The summed E-state index contributed by atoms with van der Waals surface area (Å²) in [6.07, 6.45) is 9.64. The lowest BCUT2D eigenvalue weighted by Gasteiger charge is -2.05. The number of carbonyl (C=O) groups is 2. The third-order valence-corrected chi connectivity index (χ3v) is 3.06. The van der Waals surface area contributed by atoms with Crippen LogP contribution in [-0.4, -0.2) is 11.8 Å². The first-order valence-corrected chi connectivity index (χ1v) is 6.49. The van der Waals surface area contributed by atoms with Crippen LogP contribution in [0, 0.1) is 0 Å². The molecule has 104 valence electrons. The average molecular weight is 280 g/mol. The van der Waals surface area contributed by atoms with Crippen molar-refractivity contribution < 1.29 is 19.1 Å². The van der Waals surface area contributed by atoms with Crippen LogP contribution in [0.25, 0.3) is 0 Å². The topological polar surface area (TPSA) is 55.9 Å². The number of fused-ring (bicyclic) bond motifs is 1. The summed E-state index contributed by atoms with van der Waals surface area (Å²) in [4.78, 5) is 23.9. The highest BCUT2D eigenvalue weighted by Crippen LogP contribution is 2.28. The van der Waals surface area contributed by atoms with Gasteiger partial charge >= 0.3 is 5.97 Å². The minimum absolute atomic E-state index is 0.0848. The molecule has 2 aliphatic heterocycles. The number of ether oxygens (including phenoxy) is 2. The molecule has 0 saturated carbocycles. The van der Waals surface area contributed by atoms with Crippen LogP contribution in [0.2, 0.25) is 0 Å². The van der Waals surface area contributed by atoms with E-state index in [4.69, 9.17) is 9.47 Å². The Labute approximate surface area is 121 Å². The zero-order valence-electron chi connectivity index (χ0n) is 11.1. The van der Waals surface area contributed by atoms with Gasteiger partial charge in [0.1, 0.15) is 0 Å². The maximum absolute atomic E-state index is 12.0. The molecule has 0 aromatic heterocycles. The first kappa shape index (κ1) is 13.1. The normalized spacial score (nSPS) is 17.5. The lowest BCUT2D eigenvalue weighted by atomic mass is 10.0. The van der Waals surface area contributed by atoms with Crippen molar-refractivity contribution in [3.8, 4) is 0 Å². The number of carbonyl (C=O) groups excluding carboxylic acids is 2. The molecule has 1 aromatic rings. The summed E-state index contributed by atoms with van der Waals surface area (Å²) in [7, 11) is 0. The Kier molecular flexibility index (Phi) is 3.51. The number of ketones is 1. The second kappa shape index (κ2) is 5.63. The van der Waals surface area contributed by atoms with Crippen LogP contribution in [0.3, 0.4) is 0 Å². The van der Waals surface area contributed by atoms with E-state index in [0.29, 0.717) is 22.6 Å². The molecule has 0 atom stereocenters. The van der Waals surface area contributed by atoms with Crippen LogP contribution in [0.4, 0.5) is 0 Å². The fourth-order valence-corrected chi connectivity index (χ4v) is 1.97. The molecule has 0 spiro atoms. The van der Waals surface area contributed by atoms with Crippen molar-refractivity contribution in [2.24, 2.45) is 0 Å². The summed E-state index contributed by atoms with van der Waals surface area (Å²) in [5.74, 6) is 0.758. The van der Waals surface area contributed by atoms with E-state index in [-0.39, 0.29) is 12.2 Å². The molecule has 4 heteroatoms. The second-order valence-corrected chi connectivity index (χ2v) is 4.56. The summed E-state index contributed by atoms with van der Waals surface area (Å²) < 4.78 is 10.2. The van der Waals surface area contributed by atoms with Gasteiger partial charge in [0, 0.05) is 12.5 Å².